The summed E-state index contributed by atoms with van der Waals surface area (Å²) in [7, 11) is 0. The highest BCUT2D eigenvalue weighted by Crippen LogP contribution is 2.17. The molecule has 1 aromatic rings. The number of rotatable bonds is 5. The van der Waals surface area contributed by atoms with Gasteiger partial charge in [0.25, 0.3) is 11.8 Å². The van der Waals surface area contributed by atoms with Crippen molar-refractivity contribution >= 4 is 17.5 Å². The smallest absolute Gasteiger partial charge is 0.253 e. The first-order valence-corrected chi connectivity index (χ1v) is 7.76. The maximum atomic E-state index is 12.3. The van der Waals surface area contributed by atoms with Crippen LogP contribution >= 0.6 is 0 Å². The van der Waals surface area contributed by atoms with Crippen LogP contribution in [0, 0.1) is 0 Å². The van der Waals surface area contributed by atoms with Gasteiger partial charge in [0.2, 0.25) is 0 Å². The van der Waals surface area contributed by atoms with E-state index in [1.807, 2.05) is 20.8 Å². The molecule has 1 heterocycles. The monoisotopic (exact) mass is 304 g/mol. The van der Waals surface area contributed by atoms with E-state index < -0.39 is 0 Å². The maximum Gasteiger partial charge on any atom is 0.253 e. The van der Waals surface area contributed by atoms with Gasteiger partial charge in [-0.3, -0.25) is 9.59 Å². The fourth-order valence-corrected chi connectivity index (χ4v) is 2.21. The van der Waals surface area contributed by atoms with E-state index in [2.05, 4.69) is 10.6 Å². The van der Waals surface area contributed by atoms with E-state index in [-0.39, 0.29) is 23.5 Å². The van der Waals surface area contributed by atoms with Crippen LogP contribution in [0.2, 0.25) is 0 Å². The summed E-state index contributed by atoms with van der Waals surface area (Å²) >= 11 is 0. The number of benzene rings is 1. The van der Waals surface area contributed by atoms with Gasteiger partial charge in [0.1, 0.15) is 6.10 Å². The molecule has 120 valence electrons. The van der Waals surface area contributed by atoms with E-state index in [0.29, 0.717) is 17.9 Å². The van der Waals surface area contributed by atoms with Gasteiger partial charge in [-0.15, -0.1) is 0 Å². The first-order chi connectivity index (χ1) is 10.4. The zero-order valence-electron chi connectivity index (χ0n) is 13.4. The van der Waals surface area contributed by atoms with E-state index >= 15 is 0 Å². The molecule has 0 aliphatic carbocycles. The minimum Gasteiger partial charge on any atom is -0.368 e. The number of amides is 2. The second kappa shape index (κ2) is 6.92. The van der Waals surface area contributed by atoms with Gasteiger partial charge in [0.05, 0.1) is 0 Å². The third kappa shape index (κ3) is 4.31. The fraction of sp³-hybridized carbons (Fsp3) is 0.529. The summed E-state index contributed by atoms with van der Waals surface area (Å²) < 4.78 is 5.35. The molecule has 0 spiro atoms. The van der Waals surface area contributed by atoms with Crippen molar-refractivity contribution < 1.29 is 14.3 Å². The molecular weight excluding hydrogens is 280 g/mol. The minimum atomic E-state index is -0.378. The fourth-order valence-electron chi connectivity index (χ4n) is 2.21. The molecule has 0 radical (unpaired) electrons. The lowest BCUT2D eigenvalue weighted by molar-refractivity contribution is -0.124. The molecule has 1 atom stereocenters. The Labute approximate surface area is 131 Å². The molecule has 2 rings (SSSR count). The molecule has 1 saturated heterocycles. The van der Waals surface area contributed by atoms with E-state index in [4.69, 9.17) is 4.74 Å². The topological polar surface area (TPSA) is 67.4 Å². The SMILES string of the molecule is CCC(C)(C)NC(=O)c1cccc(NC(=O)C2CCCO2)c1. The van der Waals surface area contributed by atoms with Crippen molar-refractivity contribution in [1.82, 2.24) is 5.32 Å². The summed E-state index contributed by atoms with van der Waals surface area (Å²) in [4.78, 5) is 24.3. The van der Waals surface area contributed by atoms with Gasteiger partial charge in [-0.2, -0.15) is 0 Å². The van der Waals surface area contributed by atoms with Gasteiger partial charge >= 0.3 is 0 Å². The van der Waals surface area contributed by atoms with Crippen LogP contribution < -0.4 is 10.6 Å². The molecule has 1 aliphatic rings. The van der Waals surface area contributed by atoms with Crippen molar-refractivity contribution in [2.45, 2.75) is 51.7 Å². The molecule has 1 aromatic carbocycles. The zero-order valence-corrected chi connectivity index (χ0v) is 13.4. The first-order valence-electron chi connectivity index (χ1n) is 7.76. The summed E-state index contributed by atoms with van der Waals surface area (Å²) in [5, 5.41) is 5.79. The molecular formula is C17H24N2O3. The zero-order chi connectivity index (χ0) is 16.2. The van der Waals surface area contributed by atoms with Crippen molar-refractivity contribution in [3.05, 3.63) is 29.8 Å². The Balaban J connectivity index is 2.03. The third-order valence-corrected chi connectivity index (χ3v) is 3.95. The van der Waals surface area contributed by atoms with E-state index in [0.717, 1.165) is 19.3 Å². The van der Waals surface area contributed by atoms with Gasteiger partial charge in [0, 0.05) is 23.4 Å². The summed E-state index contributed by atoms with van der Waals surface area (Å²) in [6.45, 7) is 6.62. The Bertz CT molecular complexity index is 549. The van der Waals surface area contributed by atoms with Crippen LogP contribution in [0.5, 0.6) is 0 Å². The number of anilines is 1. The number of carbonyl (C=O) groups excluding carboxylic acids is 2. The number of hydrogen-bond acceptors (Lipinski definition) is 3. The van der Waals surface area contributed by atoms with Crippen molar-refractivity contribution in [3.63, 3.8) is 0 Å². The third-order valence-electron chi connectivity index (χ3n) is 3.95. The van der Waals surface area contributed by atoms with Gasteiger partial charge in [-0.05, 0) is 51.3 Å². The summed E-state index contributed by atoms with van der Waals surface area (Å²) in [6, 6.07) is 6.96. The Hall–Kier alpha value is -1.88. The van der Waals surface area contributed by atoms with Crippen molar-refractivity contribution in [2.75, 3.05) is 11.9 Å². The van der Waals surface area contributed by atoms with Crippen LogP contribution in [0.1, 0.15) is 50.4 Å². The molecule has 2 N–H and O–H groups in total. The summed E-state index contributed by atoms with van der Waals surface area (Å²) in [6.07, 6.45) is 2.12. The van der Waals surface area contributed by atoms with Crippen LogP contribution in [0.4, 0.5) is 5.69 Å². The standard InChI is InChI=1S/C17H24N2O3/c1-4-17(2,3)19-15(20)12-7-5-8-13(11-12)18-16(21)14-9-6-10-22-14/h5,7-8,11,14H,4,6,9-10H2,1-3H3,(H,18,21)(H,19,20). The Morgan fingerprint density at radius 2 is 2.14 bits per heavy atom. The molecule has 0 saturated carbocycles. The molecule has 1 fully saturated rings. The molecule has 5 nitrogen and oxygen atoms in total. The second-order valence-corrected chi connectivity index (χ2v) is 6.26. The largest absolute Gasteiger partial charge is 0.368 e. The quantitative estimate of drug-likeness (QED) is 0.879. The molecule has 2 amide bonds. The number of hydrogen-bond donors (Lipinski definition) is 2. The van der Waals surface area contributed by atoms with Gasteiger partial charge in [-0.25, -0.2) is 0 Å². The highest BCUT2D eigenvalue weighted by molar-refractivity contribution is 5.98. The molecule has 1 aliphatic heterocycles. The first kappa shape index (κ1) is 16.5. The number of nitrogens with one attached hydrogen (secondary N) is 2. The van der Waals surface area contributed by atoms with Crippen LogP contribution in [0.3, 0.4) is 0 Å². The normalized spacial score (nSPS) is 18.0. The Kier molecular flexibility index (Phi) is 5.19. The second-order valence-electron chi connectivity index (χ2n) is 6.26. The molecule has 22 heavy (non-hydrogen) atoms. The lowest BCUT2D eigenvalue weighted by Gasteiger charge is -2.24. The predicted molar refractivity (Wildman–Crippen MR) is 85.9 cm³/mol. The van der Waals surface area contributed by atoms with E-state index in [9.17, 15) is 9.59 Å². The van der Waals surface area contributed by atoms with Gasteiger partial charge in [0.15, 0.2) is 0 Å². The summed E-state index contributed by atoms with van der Waals surface area (Å²) in [5.74, 6) is -0.288. The molecule has 0 aromatic heterocycles. The predicted octanol–water partition coefficient (Wildman–Crippen LogP) is 2.72. The lowest BCUT2D eigenvalue weighted by atomic mass is 10.0. The van der Waals surface area contributed by atoms with Crippen LogP contribution in [0.25, 0.3) is 0 Å². The Morgan fingerprint density at radius 1 is 1.36 bits per heavy atom. The van der Waals surface area contributed by atoms with E-state index in [1.165, 1.54) is 0 Å². The highest BCUT2D eigenvalue weighted by Gasteiger charge is 2.24. The van der Waals surface area contributed by atoms with Crippen molar-refractivity contribution in [2.24, 2.45) is 0 Å². The lowest BCUT2D eigenvalue weighted by Crippen LogP contribution is -2.42. The van der Waals surface area contributed by atoms with E-state index in [1.54, 1.807) is 24.3 Å². The Morgan fingerprint density at radius 3 is 2.77 bits per heavy atom. The van der Waals surface area contributed by atoms with Crippen molar-refractivity contribution in [1.29, 1.82) is 0 Å². The van der Waals surface area contributed by atoms with Crippen LogP contribution in [-0.2, 0) is 9.53 Å². The summed E-state index contributed by atoms with van der Waals surface area (Å²) in [5.41, 5.74) is 0.891. The average molecular weight is 304 g/mol. The van der Waals surface area contributed by atoms with Crippen LogP contribution in [-0.4, -0.2) is 30.1 Å². The minimum absolute atomic E-state index is 0.139. The molecule has 5 heteroatoms. The maximum absolute atomic E-state index is 12.3. The number of ether oxygens (including phenoxy) is 1. The van der Waals surface area contributed by atoms with Gasteiger partial charge < -0.3 is 15.4 Å². The average Bonchev–Trinajstić information content (AvgIpc) is 3.01. The van der Waals surface area contributed by atoms with Crippen LogP contribution in [0.15, 0.2) is 24.3 Å². The van der Waals surface area contributed by atoms with Crippen molar-refractivity contribution in [3.8, 4) is 0 Å². The highest BCUT2D eigenvalue weighted by atomic mass is 16.5. The molecule has 1 unspecified atom stereocenters. The van der Waals surface area contributed by atoms with Gasteiger partial charge in [-0.1, -0.05) is 13.0 Å². The number of carbonyl (C=O) groups is 2. The molecule has 0 bridgehead atoms.